The zero-order valence-electron chi connectivity index (χ0n) is 22.0. The molecule has 9 nitrogen and oxygen atoms in total. The number of hydrogen-bond acceptors (Lipinski definition) is 5. The molecule has 0 radical (unpaired) electrons. The molecule has 4 aromatic rings. The minimum Gasteiger partial charge on any atom is -0.496 e. The summed E-state index contributed by atoms with van der Waals surface area (Å²) in [6, 6.07) is 9.13. The summed E-state index contributed by atoms with van der Waals surface area (Å²) in [6.07, 6.45) is -1.94. The molecule has 0 aliphatic carbocycles. The van der Waals surface area contributed by atoms with Gasteiger partial charge >= 0.3 is 11.9 Å². The molecule has 0 aliphatic rings. The smallest absolute Gasteiger partial charge is 0.409 e. The second kappa shape index (κ2) is 11.2. The fourth-order valence-electron chi connectivity index (χ4n) is 4.07. The number of fused-ring (bicyclic) bond motifs is 1. The number of nitrogens with zero attached hydrogens (tertiary/aromatic N) is 5. The second-order valence-electron chi connectivity index (χ2n) is 9.11. The van der Waals surface area contributed by atoms with Crippen molar-refractivity contribution in [1.29, 1.82) is 0 Å². The van der Waals surface area contributed by atoms with Crippen molar-refractivity contribution in [3.63, 3.8) is 0 Å². The van der Waals surface area contributed by atoms with Gasteiger partial charge in [0.25, 0.3) is 5.91 Å². The van der Waals surface area contributed by atoms with Crippen LogP contribution < -0.4 is 15.7 Å². The van der Waals surface area contributed by atoms with E-state index in [1.54, 1.807) is 43.3 Å². The fourth-order valence-corrected chi connectivity index (χ4v) is 4.07. The number of amides is 1. The van der Waals surface area contributed by atoms with Crippen molar-refractivity contribution in [2.45, 2.75) is 25.7 Å². The van der Waals surface area contributed by atoms with Crippen LogP contribution in [-0.4, -0.2) is 58.6 Å². The van der Waals surface area contributed by atoms with Crippen LogP contribution in [0.5, 0.6) is 5.75 Å². The van der Waals surface area contributed by atoms with E-state index in [1.807, 2.05) is 0 Å². The molecule has 2 heterocycles. The summed E-state index contributed by atoms with van der Waals surface area (Å²) in [5.41, 5.74) is 0.150. The van der Waals surface area contributed by atoms with E-state index in [0.29, 0.717) is 10.1 Å². The van der Waals surface area contributed by atoms with Crippen LogP contribution in [0.25, 0.3) is 16.7 Å². The molecule has 2 aromatic carbocycles. The molecule has 0 spiro atoms. The molecule has 40 heavy (non-hydrogen) atoms. The number of pyridine rings is 1. The van der Waals surface area contributed by atoms with Gasteiger partial charge in [-0.05, 0) is 48.9 Å². The Bertz CT molecular complexity index is 1620. The molecule has 2 aromatic heterocycles. The van der Waals surface area contributed by atoms with Gasteiger partial charge in [-0.15, -0.1) is 0 Å². The number of imidazole rings is 1. The summed E-state index contributed by atoms with van der Waals surface area (Å²) < 4.78 is 61.7. The second-order valence-corrected chi connectivity index (χ2v) is 9.11. The van der Waals surface area contributed by atoms with Gasteiger partial charge in [0.15, 0.2) is 5.82 Å². The topological polar surface area (TPSA) is 93.7 Å². The molecule has 0 saturated heterocycles. The monoisotopic (exact) mass is 558 g/mol. The van der Waals surface area contributed by atoms with Crippen molar-refractivity contribution in [1.82, 2.24) is 24.3 Å². The summed E-state index contributed by atoms with van der Waals surface area (Å²) in [6.45, 7) is 0.966. The largest absolute Gasteiger partial charge is 0.496 e. The SMILES string of the molecule is COc1ccc(F)cc1C(=O)NCc1ccc(-n2c(=O)n(C(C)C(F)(F)F)c3ccnc(N=CN(C)C)c32)cc1. The normalized spacial score (nSPS) is 12.6. The van der Waals surface area contributed by atoms with E-state index in [0.717, 1.165) is 17.6 Å². The molecule has 1 N–H and O–H groups in total. The quantitative estimate of drug-likeness (QED) is 0.194. The number of benzene rings is 2. The molecule has 1 amide bonds. The molecule has 0 aliphatic heterocycles. The molecule has 0 saturated carbocycles. The van der Waals surface area contributed by atoms with E-state index < -0.39 is 29.6 Å². The molecular weight excluding hydrogens is 532 g/mol. The molecule has 4 rings (SSSR count). The van der Waals surface area contributed by atoms with Crippen LogP contribution in [0.4, 0.5) is 23.4 Å². The number of nitrogens with one attached hydrogen (secondary N) is 1. The van der Waals surface area contributed by atoms with E-state index >= 15 is 0 Å². The number of hydrogen-bond donors (Lipinski definition) is 1. The number of carbonyl (C=O) groups excluding carboxylic acids is 1. The summed E-state index contributed by atoms with van der Waals surface area (Å²) in [5, 5.41) is 2.67. The number of carbonyl (C=O) groups is 1. The maximum Gasteiger partial charge on any atom is 0.409 e. The lowest BCUT2D eigenvalue weighted by atomic mass is 10.1. The van der Waals surface area contributed by atoms with Crippen LogP contribution in [-0.2, 0) is 6.54 Å². The Kier molecular flexibility index (Phi) is 7.93. The Balaban J connectivity index is 1.72. The minimum absolute atomic E-state index is 0.0237. The van der Waals surface area contributed by atoms with Crippen LogP contribution in [0.3, 0.4) is 0 Å². The highest BCUT2D eigenvalue weighted by Gasteiger charge is 2.40. The maximum atomic E-state index is 13.7. The molecule has 13 heteroatoms. The zero-order valence-corrected chi connectivity index (χ0v) is 22.0. The van der Waals surface area contributed by atoms with Crippen molar-refractivity contribution >= 4 is 29.1 Å². The Hall–Kier alpha value is -4.68. The number of aromatic nitrogens is 3. The van der Waals surface area contributed by atoms with Gasteiger partial charge in [0.1, 0.15) is 23.1 Å². The van der Waals surface area contributed by atoms with Gasteiger partial charge in [0.05, 0.1) is 30.2 Å². The maximum absolute atomic E-state index is 13.7. The lowest BCUT2D eigenvalue weighted by Gasteiger charge is -2.17. The highest BCUT2D eigenvalue weighted by Crippen LogP contribution is 2.34. The average molecular weight is 559 g/mol. The van der Waals surface area contributed by atoms with Crippen molar-refractivity contribution < 1.29 is 27.1 Å². The van der Waals surface area contributed by atoms with Gasteiger partial charge in [-0.1, -0.05) is 12.1 Å². The third-order valence-corrected chi connectivity index (χ3v) is 6.09. The van der Waals surface area contributed by atoms with Gasteiger partial charge in [0, 0.05) is 26.8 Å². The van der Waals surface area contributed by atoms with Crippen LogP contribution in [0.15, 0.2) is 64.5 Å². The van der Waals surface area contributed by atoms with E-state index in [9.17, 15) is 27.2 Å². The Morgan fingerprint density at radius 1 is 1.18 bits per heavy atom. The molecular formula is C27H26F4N6O3. The molecule has 1 unspecified atom stereocenters. The first-order valence-electron chi connectivity index (χ1n) is 12.0. The van der Waals surface area contributed by atoms with Crippen molar-refractivity contribution in [2.24, 2.45) is 4.99 Å². The number of halogens is 4. The van der Waals surface area contributed by atoms with Gasteiger partial charge in [0.2, 0.25) is 0 Å². The van der Waals surface area contributed by atoms with E-state index in [2.05, 4.69) is 15.3 Å². The Morgan fingerprint density at radius 2 is 1.88 bits per heavy atom. The minimum atomic E-state index is -4.67. The third kappa shape index (κ3) is 5.67. The van der Waals surface area contributed by atoms with Gasteiger partial charge in [-0.3, -0.25) is 13.9 Å². The first-order valence-corrected chi connectivity index (χ1v) is 12.0. The van der Waals surface area contributed by atoms with Gasteiger partial charge in [-0.2, -0.15) is 13.2 Å². The number of ether oxygens (including phenoxy) is 1. The lowest BCUT2D eigenvalue weighted by molar-refractivity contribution is -0.162. The van der Waals surface area contributed by atoms with Crippen LogP contribution in [0, 0.1) is 5.82 Å². The van der Waals surface area contributed by atoms with Crippen molar-refractivity contribution in [2.75, 3.05) is 21.2 Å². The Labute approximate surface area is 226 Å². The lowest BCUT2D eigenvalue weighted by Crippen LogP contribution is -2.33. The summed E-state index contributed by atoms with van der Waals surface area (Å²) in [7, 11) is 4.80. The highest BCUT2D eigenvalue weighted by molar-refractivity contribution is 5.97. The fraction of sp³-hybridized carbons (Fsp3) is 0.259. The van der Waals surface area contributed by atoms with Crippen molar-refractivity contribution in [3.05, 3.63) is 82.2 Å². The number of aliphatic imine (C=N–C) groups is 1. The first kappa shape index (κ1) is 28.3. The molecule has 0 fully saturated rings. The van der Waals surface area contributed by atoms with Crippen LogP contribution in [0.1, 0.15) is 28.9 Å². The summed E-state index contributed by atoms with van der Waals surface area (Å²) in [4.78, 5) is 36.1. The predicted molar refractivity (Wildman–Crippen MR) is 142 cm³/mol. The number of methoxy groups -OCH3 is 1. The number of rotatable bonds is 8. The highest BCUT2D eigenvalue weighted by atomic mass is 19.4. The Morgan fingerprint density at radius 3 is 2.50 bits per heavy atom. The molecule has 210 valence electrons. The molecule has 1 atom stereocenters. The van der Waals surface area contributed by atoms with Crippen LogP contribution >= 0.6 is 0 Å². The van der Waals surface area contributed by atoms with Crippen LogP contribution in [0.2, 0.25) is 0 Å². The standard InChI is InChI=1S/C27H26F4N6O3/c1-16(27(29,30)31)36-21-11-12-32-24(34-15-35(2)3)23(21)37(26(36)39)19-8-5-17(6-9-19)14-33-25(38)20-13-18(28)7-10-22(20)40-4/h5-13,15-16H,14H2,1-4H3,(H,33,38). The van der Waals surface area contributed by atoms with E-state index in [1.165, 1.54) is 37.8 Å². The third-order valence-electron chi connectivity index (χ3n) is 6.09. The van der Waals surface area contributed by atoms with Crippen molar-refractivity contribution in [3.8, 4) is 11.4 Å². The first-order chi connectivity index (χ1) is 18.9. The average Bonchev–Trinajstić information content (AvgIpc) is 3.21. The van der Waals surface area contributed by atoms with Gasteiger partial charge < -0.3 is 15.0 Å². The van der Waals surface area contributed by atoms with Gasteiger partial charge in [-0.25, -0.2) is 19.2 Å². The summed E-state index contributed by atoms with van der Waals surface area (Å²) in [5.74, 6) is -0.880. The van der Waals surface area contributed by atoms with E-state index in [4.69, 9.17) is 4.74 Å². The summed E-state index contributed by atoms with van der Waals surface area (Å²) >= 11 is 0. The van der Waals surface area contributed by atoms with E-state index in [-0.39, 0.29) is 40.4 Å². The zero-order chi connectivity index (χ0) is 29.2. The predicted octanol–water partition coefficient (Wildman–Crippen LogP) is 4.61. The molecule has 0 bridgehead atoms. The number of alkyl halides is 3.